The van der Waals surface area contributed by atoms with Crippen LogP contribution in [0.3, 0.4) is 0 Å². The van der Waals surface area contributed by atoms with E-state index in [0.29, 0.717) is 15.3 Å². The van der Waals surface area contributed by atoms with E-state index in [1.807, 2.05) is 0 Å². The van der Waals surface area contributed by atoms with Crippen molar-refractivity contribution in [3.63, 3.8) is 0 Å². The third-order valence-electron chi connectivity index (χ3n) is 3.27. The number of carbonyl (C=O) groups excluding carboxylic acids is 3. The van der Waals surface area contributed by atoms with E-state index in [4.69, 9.17) is 16.3 Å². The summed E-state index contributed by atoms with van der Waals surface area (Å²) >= 11 is 6.85. The van der Waals surface area contributed by atoms with E-state index in [0.717, 1.165) is 23.5 Å². The van der Waals surface area contributed by atoms with Crippen molar-refractivity contribution >= 4 is 46.3 Å². The summed E-state index contributed by atoms with van der Waals surface area (Å²) in [4.78, 5) is 36.0. The van der Waals surface area contributed by atoms with E-state index in [9.17, 15) is 23.2 Å². The van der Waals surface area contributed by atoms with Crippen molar-refractivity contribution in [1.82, 2.24) is 0 Å². The molecule has 9 heteroatoms. The Bertz CT molecular complexity index is 840. The number of nitrogens with one attached hydrogen (secondary N) is 1. The molecule has 26 heavy (non-hydrogen) atoms. The number of hydrogen-bond acceptors (Lipinski definition) is 5. The van der Waals surface area contributed by atoms with Crippen LogP contribution in [0, 0.1) is 11.6 Å². The van der Waals surface area contributed by atoms with Crippen LogP contribution in [0.15, 0.2) is 30.3 Å². The molecule has 0 bridgehead atoms. The number of anilines is 1. The van der Waals surface area contributed by atoms with Crippen LogP contribution in [0.4, 0.5) is 14.5 Å². The van der Waals surface area contributed by atoms with Gasteiger partial charge in [0, 0.05) is 12.5 Å². The predicted octanol–water partition coefficient (Wildman–Crippen LogP) is 4.21. The van der Waals surface area contributed by atoms with Crippen LogP contribution in [0.1, 0.15) is 29.4 Å². The molecule has 1 heterocycles. The summed E-state index contributed by atoms with van der Waals surface area (Å²) in [5.41, 5.74) is -0.232. The highest BCUT2D eigenvalue weighted by Gasteiger charge is 2.20. The van der Waals surface area contributed by atoms with Crippen LogP contribution in [-0.4, -0.2) is 23.8 Å². The van der Waals surface area contributed by atoms with Gasteiger partial charge in [-0.05, 0) is 31.2 Å². The molecule has 0 aliphatic heterocycles. The number of benzene rings is 1. The number of halogens is 3. The van der Waals surface area contributed by atoms with Gasteiger partial charge < -0.3 is 10.1 Å². The summed E-state index contributed by atoms with van der Waals surface area (Å²) in [5, 5.41) is 2.20. The molecule has 0 saturated heterocycles. The van der Waals surface area contributed by atoms with E-state index in [2.05, 4.69) is 5.32 Å². The monoisotopic (exact) mass is 401 g/mol. The van der Waals surface area contributed by atoms with Crippen molar-refractivity contribution in [2.45, 2.75) is 25.9 Å². The lowest BCUT2D eigenvalue weighted by atomic mass is 10.2. The Morgan fingerprint density at radius 3 is 2.54 bits per heavy atom. The second kappa shape index (κ2) is 8.86. The van der Waals surface area contributed by atoms with Gasteiger partial charge >= 0.3 is 5.97 Å². The molecule has 5 nitrogen and oxygen atoms in total. The van der Waals surface area contributed by atoms with Crippen molar-refractivity contribution in [3.05, 3.63) is 51.2 Å². The number of carbonyl (C=O) groups is 3. The normalized spacial score (nSPS) is 11.7. The quantitative estimate of drug-likeness (QED) is 0.557. The fraction of sp³-hybridized carbons (Fsp3) is 0.235. The minimum Gasteiger partial charge on any atom is -0.453 e. The summed E-state index contributed by atoms with van der Waals surface area (Å²) < 4.78 is 31.7. The van der Waals surface area contributed by atoms with Gasteiger partial charge in [-0.3, -0.25) is 14.4 Å². The van der Waals surface area contributed by atoms with Crippen LogP contribution in [-0.2, 0) is 14.3 Å². The number of thiophene rings is 1. The van der Waals surface area contributed by atoms with Crippen molar-refractivity contribution in [2.75, 3.05) is 5.32 Å². The Labute approximate surface area is 156 Å². The molecule has 2 aromatic rings. The molecular weight excluding hydrogens is 388 g/mol. The highest BCUT2D eigenvalue weighted by Crippen LogP contribution is 2.23. The standard InChI is InChI=1S/C17H14ClF2NO4S/c1-9(17(24)21-12-3-2-10(19)8-11(12)20)25-16(23)7-4-13(22)14-5-6-15(18)26-14/h2-3,5-6,8-9H,4,7H2,1H3,(H,21,24)/t9-/m1/s1. The molecule has 0 radical (unpaired) electrons. The van der Waals surface area contributed by atoms with Gasteiger partial charge in [-0.25, -0.2) is 8.78 Å². The smallest absolute Gasteiger partial charge is 0.307 e. The molecule has 0 aliphatic carbocycles. The van der Waals surface area contributed by atoms with Crippen LogP contribution >= 0.6 is 22.9 Å². The second-order valence-corrected chi connectivity index (χ2v) is 6.99. The molecular formula is C17H14ClF2NO4S. The Kier molecular flexibility index (Phi) is 6.82. The summed E-state index contributed by atoms with van der Waals surface area (Å²) in [6, 6.07) is 5.81. The lowest BCUT2D eigenvalue weighted by Gasteiger charge is -2.13. The van der Waals surface area contributed by atoms with E-state index in [1.165, 1.54) is 6.92 Å². The second-order valence-electron chi connectivity index (χ2n) is 5.27. The fourth-order valence-corrected chi connectivity index (χ4v) is 2.95. The zero-order valence-electron chi connectivity index (χ0n) is 13.6. The van der Waals surface area contributed by atoms with Gasteiger partial charge in [0.1, 0.15) is 11.6 Å². The van der Waals surface area contributed by atoms with Gasteiger partial charge in [-0.1, -0.05) is 11.6 Å². The van der Waals surface area contributed by atoms with Gasteiger partial charge in [-0.15, -0.1) is 11.3 Å². The van der Waals surface area contributed by atoms with E-state index in [-0.39, 0.29) is 24.3 Å². The zero-order chi connectivity index (χ0) is 19.3. The van der Waals surface area contributed by atoms with Crippen molar-refractivity contribution < 1.29 is 27.9 Å². The fourth-order valence-electron chi connectivity index (χ4n) is 1.94. The number of amides is 1. The average Bonchev–Trinajstić information content (AvgIpc) is 3.01. The molecule has 1 atom stereocenters. The van der Waals surface area contributed by atoms with Gasteiger partial charge in [-0.2, -0.15) is 0 Å². The first-order valence-electron chi connectivity index (χ1n) is 7.50. The maximum atomic E-state index is 13.5. The number of rotatable bonds is 7. The van der Waals surface area contributed by atoms with Crippen molar-refractivity contribution in [1.29, 1.82) is 0 Å². The van der Waals surface area contributed by atoms with Gasteiger partial charge in [0.15, 0.2) is 11.9 Å². The Morgan fingerprint density at radius 1 is 1.19 bits per heavy atom. The van der Waals surface area contributed by atoms with Crippen LogP contribution in [0.25, 0.3) is 0 Å². The van der Waals surface area contributed by atoms with Crippen molar-refractivity contribution in [3.8, 4) is 0 Å². The third-order valence-corrected chi connectivity index (χ3v) is 4.54. The first-order chi connectivity index (χ1) is 12.3. The van der Waals surface area contributed by atoms with Crippen molar-refractivity contribution in [2.24, 2.45) is 0 Å². The highest BCUT2D eigenvalue weighted by atomic mass is 35.5. The molecule has 1 amide bonds. The largest absolute Gasteiger partial charge is 0.453 e. The SMILES string of the molecule is C[C@@H](OC(=O)CCC(=O)c1ccc(Cl)s1)C(=O)Nc1ccc(F)cc1F. The molecule has 0 fully saturated rings. The lowest BCUT2D eigenvalue weighted by molar-refractivity contribution is -0.153. The minimum absolute atomic E-state index is 0.0867. The van der Waals surface area contributed by atoms with E-state index in [1.54, 1.807) is 12.1 Å². The number of Topliss-reactive ketones (excluding diaryl/α,β-unsaturated/α-hetero) is 1. The number of hydrogen-bond donors (Lipinski definition) is 1. The number of esters is 1. The van der Waals surface area contributed by atoms with Crippen LogP contribution in [0.5, 0.6) is 0 Å². The summed E-state index contributed by atoms with van der Waals surface area (Å²) in [5.74, 6) is -3.51. The topological polar surface area (TPSA) is 72.5 Å². The van der Waals surface area contributed by atoms with Gasteiger partial charge in [0.05, 0.1) is 21.3 Å². The maximum absolute atomic E-state index is 13.5. The molecule has 1 aromatic carbocycles. The Morgan fingerprint density at radius 2 is 1.92 bits per heavy atom. The first kappa shape index (κ1) is 20.0. The minimum atomic E-state index is -1.21. The van der Waals surface area contributed by atoms with Crippen LogP contribution in [0.2, 0.25) is 4.34 Å². The molecule has 0 unspecified atom stereocenters. The highest BCUT2D eigenvalue weighted by molar-refractivity contribution is 7.18. The van der Waals surface area contributed by atoms with Crippen LogP contribution < -0.4 is 5.32 Å². The molecule has 0 spiro atoms. The lowest BCUT2D eigenvalue weighted by Crippen LogP contribution is -2.30. The number of ketones is 1. The van der Waals surface area contributed by atoms with E-state index >= 15 is 0 Å². The predicted molar refractivity (Wildman–Crippen MR) is 93.4 cm³/mol. The Balaban J connectivity index is 1.82. The van der Waals surface area contributed by atoms with Gasteiger partial charge in [0.25, 0.3) is 5.91 Å². The summed E-state index contributed by atoms with van der Waals surface area (Å²) in [6.07, 6.45) is -1.51. The molecule has 0 aliphatic rings. The summed E-state index contributed by atoms with van der Waals surface area (Å²) in [6.45, 7) is 1.30. The zero-order valence-corrected chi connectivity index (χ0v) is 15.1. The third kappa shape index (κ3) is 5.60. The molecule has 138 valence electrons. The Hall–Kier alpha value is -2.32. The molecule has 0 saturated carbocycles. The molecule has 1 N–H and O–H groups in total. The first-order valence-corrected chi connectivity index (χ1v) is 8.69. The molecule has 1 aromatic heterocycles. The average molecular weight is 402 g/mol. The maximum Gasteiger partial charge on any atom is 0.307 e. The summed E-state index contributed by atoms with van der Waals surface area (Å²) in [7, 11) is 0. The number of ether oxygens (including phenoxy) is 1. The van der Waals surface area contributed by atoms with Gasteiger partial charge in [0.2, 0.25) is 0 Å². The molecule has 2 rings (SSSR count). The van der Waals surface area contributed by atoms with E-state index < -0.39 is 29.6 Å².